The first-order valence-corrected chi connectivity index (χ1v) is 23.2. The van der Waals surface area contributed by atoms with Gasteiger partial charge in [-0.3, -0.25) is 15.0 Å². The zero-order valence-corrected chi connectivity index (χ0v) is 38.0. The first-order valence-electron chi connectivity index (χ1n) is 23.2. The van der Waals surface area contributed by atoms with Gasteiger partial charge in [0.1, 0.15) is 35.6 Å². The Hall–Kier alpha value is -6.10. The van der Waals surface area contributed by atoms with E-state index in [1.807, 2.05) is 67.6 Å². The molecular weight excluding hydrogens is 859 g/mol. The second-order valence-corrected chi connectivity index (χ2v) is 16.8. The van der Waals surface area contributed by atoms with Crippen LogP contribution in [0.3, 0.4) is 0 Å². The number of amides is 1. The molecule has 1 heterocycles. The molecule has 6 unspecified atom stereocenters. The zero-order chi connectivity index (χ0) is 47.2. The SMILES string of the molecule is C=CCOC12Oc3ccc(Oc4ccc(-c5ccccc5)cc4)cc3C3C(CCCCO)C(CCCCO)C=C(C(=NOCC)CC1N(CCOCCO)C(=O)Oc1ccc([N+](=O)[O-])cc1)C32. The van der Waals surface area contributed by atoms with Crippen molar-refractivity contribution in [3.8, 4) is 34.1 Å². The number of unbranched alkanes of at least 4 members (excludes halogenated alkanes) is 2. The van der Waals surface area contributed by atoms with Crippen molar-refractivity contribution in [2.45, 2.75) is 69.6 Å². The van der Waals surface area contributed by atoms with Crippen LogP contribution in [0.1, 0.15) is 63.4 Å². The van der Waals surface area contributed by atoms with Crippen LogP contribution >= 0.6 is 0 Å². The highest BCUT2D eigenvalue weighted by Crippen LogP contribution is 2.62. The Morgan fingerprint density at radius 3 is 2.28 bits per heavy atom. The molecule has 0 aromatic heterocycles. The van der Waals surface area contributed by atoms with Gasteiger partial charge in [0.2, 0.25) is 5.79 Å². The summed E-state index contributed by atoms with van der Waals surface area (Å²) in [6, 6.07) is 28.1. The predicted octanol–water partition coefficient (Wildman–Crippen LogP) is 9.22. The number of aliphatic hydroxyl groups is 3. The van der Waals surface area contributed by atoms with Crippen LogP contribution in [0.15, 0.2) is 127 Å². The van der Waals surface area contributed by atoms with Crippen LogP contribution in [-0.4, -0.2) is 102 Å². The Morgan fingerprint density at radius 1 is 0.896 bits per heavy atom. The third kappa shape index (κ3) is 11.4. The molecule has 2 aliphatic carbocycles. The molecule has 6 atom stereocenters. The first kappa shape index (κ1) is 48.8. The number of nitro benzene ring substituents is 1. The van der Waals surface area contributed by atoms with E-state index in [9.17, 15) is 30.2 Å². The van der Waals surface area contributed by atoms with E-state index in [2.05, 4.69) is 24.8 Å². The third-order valence-corrected chi connectivity index (χ3v) is 12.7. The number of aliphatic hydroxyl groups excluding tert-OH is 3. The summed E-state index contributed by atoms with van der Waals surface area (Å²) in [5.41, 5.74) is 4.34. The highest BCUT2D eigenvalue weighted by atomic mass is 16.7. The summed E-state index contributed by atoms with van der Waals surface area (Å²) < 4.78 is 32.7. The number of carbonyl (C=O) groups is 1. The maximum Gasteiger partial charge on any atom is 0.415 e. The minimum absolute atomic E-state index is 0.0121. The summed E-state index contributed by atoms with van der Waals surface area (Å²) in [5.74, 6) is -0.651. The number of nitrogens with zero attached hydrogens (tertiary/aromatic N) is 3. The number of nitro groups is 1. The lowest BCUT2D eigenvalue weighted by Gasteiger charge is -2.59. The summed E-state index contributed by atoms with van der Waals surface area (Å²) in [4.78, 5) is 33.0. The molecule has 3 aliphatic rings. The van der Waals surface area contributed by atoms with Crippen molar-refractivity contribution in [1.29, 1.82) is 0 Å². The van der Waals surface area contributed by atoms with Crippen molar-refractivity contribution in [2.24, 2.45) is 22.9 Å². The average Bonchev–Trinajstić information content (AvgIpc) is 3.34. The van der Waals surface area contributed by atoms with Crippen LogP contribution < -0.4 is 14.2 Å². The average molecular weight is 920 g/mol. The van der Waals surface area contributed by atoms with Crippen molar-refractivity contribution >= 4 is 17.5 Å². The Bertz CT molecular complexity index is 2320. The predicted molar refractivity (Wildman–Crippen MR) is 252 cm³/mol. The molecule has 3 N–H and O–H groups in total. The van der Waals surface area contributed by atoms with Gasteiger partial charge in [-0.05, 0) is 104 Å². The second kappa shape index (κ2) is 23.6. The lowest BCUT2D eigenvalue weighted by molar-refractivity contribution is -0.384. The molecule has 0 bridgehead atoms. The zero-order valence-electron chi connectivity index (χ0n) is 38.0. The normalized spacial score (nSPS) is 22.1. The fourth-order valence-corrected chi connectivity index (χ4v) is 9.84. The van der Waals surface area contributed by atoms with E-state index in [4.69, 9.17) is 33.7 Å². The van der Waals surface area contributed by atoms with Gasteiger partial charge in [-0.25, -0.2) is 4.79 Å². The van der Waals surface area contributed by atoms with Gasteiger partial charge >= 0.3 is 6.09 Å². The van der Waals surface area contributed by atoms with Crippen molar-refractivity contribution < 1.29 is 53.6 Å². The summed E-state index contributed by atoms with van der Waals surface area (Å²) >= 11 is 0. The molecular formula is C52H61N3O12. The quantitative estimate of drug-likeness (QED) is 0.0262. The van der Waals surface area contributed by atoms with E-state index in [-0.39, 0.29) is 88.4 Å². The number of carbonyl (C=O) groups excluding carboxylic acids is 1. The number of allylic oxidation sites excluding steroid dienone is 1. The minimum Gasteiger partial charge on any atom is -0.459 e. The largest absolute Gasteiger partial charge is 0.459 e. The number of ether oxygens (including phenoxy) is 5. The van der Waals surface area contributed by atoms with Gasteiger partial charge in [-0.1, -0.05) is 72.6 Å². The topological polar surface area (TPSA) is 192 Å². The van der Waals surface area contributed by atoms with Crippen LogP contribution in [0, 0.1) is 27.9 Å². The minimum atomic E-state index is -1.59. The number of hydrogen-bond acceptors (Lipinski definition) is 13. The van der Waals surface area contributed by atoms with Gasteiger partial charge in [-0.15, -0.1) is 6.58 Å². The van der Waals surface area contributed by atoms with E-state index in [0.29, 0.717) is 35.8 Å². The molecule has 1 fully saturated rings. The van der Waals surface area contributed by atoms with Gasteiger partial charge in [-0.2, -0.15) is 0 Å². The smallest absolute Gasteiger partial charge is 0.415 e. The number of fused-ring (bicyclic) bond motifs is 2. The standard InChI is InChI=1S/C52H61N3O12/c1-3-30-63-52-48(54(26-31-62-32-29-58)51(59)66-41-22-18-39(19-23-41)55(60)61)35-46(53-64-4-2)44-33-38(14-8-10-27-56)43(15-9-11-28-57)49(50(44)52)45-34-42(24-25-47(45)67-52)65-40-20-16-37(17-21-40)36-12-6-5-7-13-36/h3,5-7,12-13,16-25,33-34,38,43,48-50,56-58H,1,4,8-11,14-15,26-32,35H2,2H3. The van der Waals surface area contributed by atoms with Gasteiger partial charge in [0.25, 0.3) is 5.69 Å². The molecule has 67 heavy (non-hydrogen) atoms. The first-order chi connectivity index (χ1) is 32.7. The van der Waals surface area contributed by atoms with Crippen molar-refractivity contribution in [2.75, 3.05) is 52.8 Å². The lowest BCUT2D eigenvalue weighted by Crippen LogP contribution is -2.70. The van der Waals surface area contributed by atoms with Crippen LogP contribution in [0.2, 0.25) is 0 Å². The molecule has 1 amide bonds. The van der Waals surface area contributed by atoms with Crippen LogP contribution in [-0.2, 0) is 14.3 Å². The van der Waals surface area contributed by atoms with Gasteiger partial charge in [0, 0.05) is 49.8 Å². The second-order valence-electron chi connectivity index (χ2n) is 16.8. The number of non-ortho nitro benzene ring substituents is 1. The number of oxime groups is 1. The van der Waals surface area contributed by atoms with Crippen LogP contribution in [0.5, 0.6) is 23.0 Å². The highest BCUT2D eigenvalue weighted by molar-refractivity contribution is 6.03. The van der Waals surface area contributed by atoms with Gasteiger partial charge in [0.05, 0.1) is 43.0 Å². The maximum absolute atomic E-state index is 14.7. The molecule has 4 aromatic carbocycles. The molecule has 0 spiro atoms. The molecule has 4 aromatic rings. The summed E-state index contributed by atoms with van der Waals surface area (Å²) in [5, 5.41) is 45.7. The Labute approximate surface area is 391 Å². The fourth-order valence-electron chi connectivity index (χ4n) is 9.84. The van der Waals surface area contributed by atoms with E-state index in [1.165, 1.54) is 29.2 Å². The monoisotopic (exact) mass is 919 g/mol. The van der Waals surface area contributed by atoms with Crippen molar-refractivity contribution in [1.82, 2.24) is 4.90 Å². The van der Waals surface area contributed by atoms with Gasteiger partial charge < -0.3 is 43.8 Å². The van der Waals surface area contributed by atoms with Gasteiger partial charge in [0.15, 0.2) is 0 Å². The summed E-state index contributed by atoms with van der Waals surface area (Å²) in [7, 11) is 0. The van der Waals surface area contributed by atoms with E-state index in [1.54, 1.807) is 6.08 Å². The number of rotatable bonds is 24. The number of hydrogen-bond donors (Lipinski definition) is 3. The van der Waals surface area contributed by atoms with Crippen LogP contribution in [0.25, 0.3) is 11.1 Å². The Balaban J connectivity index is 1.38. The summed E-state index contributed by atoms with van der Waals surface area (Å²) in [6.07, 6.45) is 7.48. The number of benzene rings is 4. The molecule has 15 heteroatoms. The summed E-state index contributed by atoms with van der Waals surface area (Å²) in [6.45, 7) is 6.07. The molecule has 0 saturated heterocycles. The molecule has 1 saturated carbocycles. The van der Waals surface area contributed by atoms with E-state index < -0.39 is 28.8 Å². The Kier molecular flexibility index (Phi) is 17.2. The fraction of sp³-hybridized carbons (Fsp3) is 0.423. The third-order valence-electron chi connectivity index (χ3n) is 12.7. The molecule has 1 aliphatic heterocycles. The van der Waals surface area contributed by atoms with E-state index in [0.717, 1.165) is 47.9 Å². The van der Waals surface area contributed by atoms with Crippen molar-refractivity contribution in [3.63, 3.8) is 0 Å². The maximum atomic E-state index is 14.7. The molecule has 7 rings (SSSR count). The van der Waals surface area contributed by atoms with Crippen LogP contribution in [0.4, 0.5) is 10.5 Å². The van der Waals surface area contributed by atoms with E-state index >= 15 is 0 Å². The lowest BCUT2D eigenvalue weighted by atomic mass is 9.55. The Morgan fingerprint density at radius 2 is 1.60 bits per heavy atom. The molecule has 0 radical (unpaired) electrons. The highest BCUT2D eigenvalue weighted by Gasteiger charge is 2.65. The molecule has 356 valence electrons. The molecule has 15 nitrogen and oxygen atoms in total. The van der Waals surface area contributed by atoms with Crippen molar-refractivity contribution in [3.05, 3.63) is 137 Å².